The number of aromatic nitrogens is 2. The Kier molecular flexibility index (Phi) is 44.8. The minimum absolute atomic E-state index is 0.00359. The zero-order valence-corrected chi connectivity index (χ0v) is 67.3. The number of carbonyl (C=O) groups is 7. The number of rotatable bonds is 59. The summed E-state index contributed by atoms with van der Waals surface area (Å²) in [6, 6.07) is -0.487. The molecular formula is C82H139N5O22. The summed E-state index contributed by atoms with van der Waals surface area (Å²) in [5.41, 5.74) is -3.02. The molecule has 5 saturated heterocycles. The Morgan fingerprint density at radius 1 is 0.550 bits per heavy atom. The van der Waals surface area contributed by atoms with Crippen LogP contribution in [0.25, 0.3) is 6.08 Å². The number of nitrogens with zero attached hydrogens (tertiary/aromatic N) is 1. The van der Waals surface area contributed by atoms with E-state index in [1.165, 1.54) is 22.9 Å². The zero-order chi connectivity index (χ0) is 79.6. The van der Waals surface area contributed by atoms with Gasteiger partial charge in [-0.3, -0.25) is 47.9 Å². The fourth-order valence-corrected chi connectivity index (χ4v) is 14.4. The average molecular weight is 1550 g/mol. The van der Waals surface area contributed by atoms with Crippen LogP contribution in [0.2, 0.25) is 0 Å². The number of hydrogen-bond acceptors (Lipinski definition) is 22. The highest BCUT2D eigenvalue weighted by molar-refractivity contribution is 5.91. The maximum atomic E-state index is 13.2. The molecule has 0 saturated carbocycles. The Hall–Kier alpha value is -5.01. The van der Waals surface area contributed by atoms with Crippen molar-refractivity contribution in [2.75, 3.05) is 79.2 Å². The second-order valence-electron chi connectivity index (χ2n) is 32.1. The lowest BCUT2D eigenvalue weighted by Crippen LogP contribution is -2.60. The van der Waals surface area contributed by atoms with E-state index in [9.17, 15) is 63.6 Å². The number of aromatic amines is 1. The quantitative estimate of drug-likeness (QED) is 0.0222. The van der Waals surface area contributed by atoms with E-state index in [4.69, 9.17) is 42.6 Å². The third-order valence-corrected chi connectivity index (χ3v) is 21.3. The molecule has 5 fully saturated rings. The predicted molar refractivity (Wildman–Crippen MR) is 412 cm³/mol. The molecule has 0 spiro atoms. The molecule has 1 aromatic heterocycles. The molecule has 0 aliphatic carbocycles. The van der Waals surface area contributed by atoms with Gasteiger partial charge in [0.1, 0.15) is 52.8 Å². The summed E-state index contributed by atoms with van der Waals surface area (Å²) in [5.74, 6) is -0.415. The molecule has 0 radical (unpaired) electrons. The van der Waals surface area contributed by atoms with Crippen molar-refractivity contribution in [3.8, 4) is 0 Å². The number of amides is 3. The molecule has 0 aromatic carbocycles. The number of nitrogens with one attached hydrogen (secondary N) is 4. The van der Waals surface area contributed by atoms with Crippen LogP contribution >= 0.6 is 0 Å². The van der Waals surface area contributed by atoms with Crippen LogP contribution in [0.15, 0.2) is 21.9 Å². The van der Waals surface area contributed by atoms with Gasteiger partial charge in [-0.05, 0) is 107 Å². The van der Waals surface area contributed by atoms with Gasteiger partial charge >= 0.3 is 5.69 Å². The van der Waals surface area contributed by atoms with E-state index in [-0.39, 0.29) is 141 Å². The van der Waals surface area contributed by atoms with E-state index >= 15 is 0 Å². The van der Waals surface area contributed by atoms with Gasteiger partial charge in [0.15, 0.2) is 12.6 Å². The molecule has 5 aliphatic rings. The molecule has 8 N–H and O–H groups in total. The molecule has 5 aliphatic heterocycles. The fourth-order valence-electron chi connectivity index (χ4n) is 14.4. The number of hydrogen-bond donors (Lipinski definition) is 8. The smallest absolute Gasteiger partial charge is 0.330 e. The standard InChI is InChI=1S/C80H133N5O22.C2H6/c1-56-47-69(105-65(56)48-78(4,5)6)85-49-59(74(97)84-77(85)98)37-38-67(91)82-42-26-14-13-25-41-81-66(90)35-21-11-9-7-8-10-12-22-36-68(92)83-60(50-99-45-39-63(88)31-19-15-17-29-61(86)33-23-27-43-101-52-79-54-103-75(106-79)57(2)70(93)72(79)95)51-100-46-40-64(89)32-20-16-18-30-62(87)34-24-28-44-102-53-80-55-104-76(107-80)58(3)71(94)73(80)96;1-2/h37-38,49,56-58,60,65,69-73,75-76,93-96H,7-36,39-48,50-55H2,1-6H3,(H,81,90)(H,82,91)(H,83,92)(H,84,97,98);1-2H3/b38-37+;/t56-,57+,58+,65+,69+,70+,71+,72+,73+,75-,76-,79-,80-;/m0./s1. The van der Waals surface area contributed by atoms with Crippen molar-refractivity contribution in [3.05, 3.63) is 38.7 Å². The lowest BCUT2D eigenvalue weighted by Gasteiger charge is -2.41. The van der Waals surface area contributed by atoms with E-state index in [0.717, 1.165) is 89.9 Å². The van der Waals surface area contributed by atoms with Gasteiger partial charge in [-0.1, -0.05) is 120 Å². The van der Waals surface area contributed by atoms with Crippen LogP contribution in [-0.2, 0) is 76.2 Å². The normalized spacial score (nSPS) is 25.3. The largest absolute Gasteiger partial charge is 0.390 e. The van der Waals surface area contributed by atoms with Crippen LogP contribution in [-0.4, -0.2) is 210 Å². The molecule has 0 unspecified atom stereocenters. The highest BCUT2D eigenvalue weighted by Gasteiger charge is 2.59. The Bertz CT molecular complexity index is 2890. The van der Waals surface area contributed by atoms with Crippen LogP contribution in [0.5, 0.6) is 0 Å². The second kappa shape index (κ2) is 51.7. The van der Waals surface area contributed by atoms with E-state index in [1.54, 1.807) is 13.8 Å². The molecule has 4 bridgehead atoms. The first-order valence-electron chi connectivity index (χ1n) is 41.5. The van der Waals surface area contributed by atoms with Crippen molar-refractivity contribution >= 4 is 46.9 Å². The first-order chi connectivity index (χ1) is 52.3. The van der Waals surface area contributed by atoms with Gasteiger partial charge in [-0.2, -0.15) is 0 Å². The first kappa shape index (κ1) is 94.6. The van der Waals surface area contributed by atoms with Crippen molar-refractivity contribution in [2.45, 2.75) is 340 Å². The molecule has 1 aromatic rings. The number of unbranched alkanes of at least 4 members (excludes halogenated alkanes) is 16. The van der Waals surface area contributed by atoms with E-state index in [2.05, 4.69) is 48.6 Å². The molecular weight excluding hydrogens is 1410 g/mol. The minimum atomic E-state index is -1.11. The van der Waals surface area contributed by atoms with Crippen LogP contribution in [0.3, 0.4) is 0 Å². The topological polar surface area (TPSA) is 374 Å². The van der Waals surface area contributed by atoms with Crippen molar-refractivity contribution in [1.29, 1.82) is 0 Å². The predicted octanol–water partition coefficient (Wildman–Crippen LogP) is 9.45. The van der Waals surface area contributed by atoms with Crippen molar-refractivity contribution < 1.29 is 96.6 Å². The van der Waals surface area contributed by atoms with Crippen molar-refractivity contribution in [3.63, 3.8) is 0 Å². The molecule has 624 valence electrons. The summed E-state index contributed by atoms with van der Waals surface area (Å²) in [4.78, 5) is 117. The molecule has 109 heavy (non-hydrogen) atoms. The third kappa shape index (κ3) is 35.1. The van der Waals surface area contributed by atoms with Crippen LogP contribution in [0.1, 0.15) is 285 Å². The highest BCUT2D eigenvalue weighted by atomic mass is 16.8. The fraction of sp³-hybridized carbons (Fsp3) is 0.841. The Labute approximate surface area is 647 Å². The Balaban J connectivity index is 0.0000105. The number of aliphatic hydroxyl groups excluding tert-OH is 4. The Morgan fingerprint density at radius 2 is 0.963 bits per heavy atom. The number of aliphatic hydroxyl groups is 4. The zero-order valence-electron chi connectivity index (χ0n) is 67.3. The molecule has 13 atom stereocenters. The third-order valence-electron chi connectivity index (χ3n) is 21.3. The number of Topliss-reactive ketones (excluding diaryl/α,β-unsaturated/α-hetero) is 4. The summed E-state index contributed by atoms with van der Waals surface area (Å²) < 4.78 is 54.0. The van der Waals surface area contributed by atoms with Crippen LogP contribution in [0.4, 0.5) is 0 Å². The maximum Gasteiger partial charge on any atom is 0.330 e. The van der Waals surface area contributed by atoms with Gasteiger partial charge in [0.05, 0.1) is 82.8 Å². The summed E-state index contributed by atoms with van der Waals surface area (Å²) in [7, 11) is 0. The van der Waals surface area contributed by atoms with Crippen molar-refractivity contribution in [2.24, 2.45) is 23.2 Å². The average Bonchev–Trinajstić information content (AvgIpc) is 1.63. The number of ketones is 4. The van der Waals surface area contributed by atoms with E-state index in [1.807, 2.05) is 13.8 Å². The molecule has 6 heterocycles. The molecule has 27 heteroatoms. The number of carbonyl (C=O) groups excluding carboxylic acids is 7. The van der Waals surface area contributed by atoms with Gasteiger partial charge in [-0.15, -0.1) is 0 Å². The van der Waals surface area contributed by atoms with Gasteiger partial charge < -0.3 is 79.0 Å². The van der Waals surface area contributed by atoms with Gasteiger partial charge in [0.2, 0.25) is 17.7 Å². The van der Waals surface area contributed by atoms with E-state index in [0.29, 0.717) is 142 Å². The SMILES string of the molecule is CC.C[C@H]1[C@H]2OC[C@](COCCCCC(=O)CCCCCC(=O)CCOCC(COCCC(=O)CCCCCC(=O)CCCCOC[C@@]34CO[C@@H](O3)[C@H](C)[C@@H](O)[C@H]4O)NC(=O)CCCCCCCCCCC(=O)NCCCCCCNC(=O)/C=C/c3cn([C@H]4C[C@H](C)[C@@H](CC(C)(C)C)O4)c(=O)[nH]c3=O)(O2)[C@H](O)[C@@H]1O. The lowest BCUT2D eigenvalue weighted by atomic mass is 9.85. The maximum absolute atomic E-state index is 13.2. The van der Waals surface area contributed by atoms with Gasteiger partial charge in [-0.25, -0.2) is 4.79 Å². The van der Waals surface area contributed by atoms with Crippen LogP contribution < -0.4 is 27.2 Å². The minimum Gasteiger partial charge on any atom is -0.390 e. The monoisotopic (exact) mass is 1550 g/mol. The summed E-state index contributed by atoms with van der Waals surface area (Å²) >= 11 is 0. The molecule has 3 amide bonds. The van der Waals surface area contributed by atoms with Crippen LogP contribution in [0, 0.1) is 23.2 Å². The molecule has 6 rings (SSSR count). The lowest BCUT2D eigenvalue weighted by molar-refractivity contribution is -0.248. The van der Waals surface area contributed by atoms with E-state index < -0.39 is 71.7 Å². The van der Waals surface area contributed by atoms with Gasteiger partial charge in [0.25, 0.3) is 5.56 Å². The van der Waals surface area contributed by atoms with Crippen molar-refractivity contribution in [1.82, 2.24) is 25.5 Å². The molecule has 27 nitrogen and oxygen atoms in total. The summed E-state index contributed by atoms with van der Waals surface area (Å²) in [5, 5.41) is 50.8. The first-order valence-corrected chi connectivity index (χ1v) is 41.5. The summed E-state index contributed by atoms with van der Waals surface area (Å²) in [6.45, 7) is 19.0. The number of ether oxygens (including phenoxy) is 9. The number of H-pyrrole nitrogens is 1. The highest BCUT2D eigenvalue weighted by Crippen LogP contribution is 2.42. The summed E-state index contributed by atoms with van der Waals surface area (Å²) in [6.07, 6.45) is 21.4. The van der Waals surface area contributed by atoms with Gasteiger partial charge in [0, 0.05) is 115 Å². The Morgan fingerprint density at radius 3 is 1.44 bits per heavy atom. The second-order valence-corrected chi connectivity index (χ2v) is 32.1. The number of fused-ring (bicyclic) bond motifs is 4.